The first-order valence-electron chi connectivity index (χ1n) is 3.88. The Kier molecular flexibility index (Phi) is 2.99. The predicted octanol–water partition coefficient (Wildman–Crippen LogP) is 2.35. The van der Waals surface area contributed by atoms with Crippen LogP contribution in [0.5, 0.6) is 0 Å². The Bertz CT molecular complexity index is 343. The van der Waals surface area contributed by atoms with Crippen molar-refractivity contribution in [2.45, 2.75) is 13.0 Å². The maximum atomic E-state index is 13.4. The van der Waals surface area contributed by atoms with E-state index in [9.17, 15) is 4.39 Å². The van der Waals surface area contributed by atoms with Gasteiger partial charge >= 0.3 is 0 Å². The lowest BCUT2D eigenvalue weighted by Crippen LogP contribution is -2.02. The van der Waals surface area contributed by atoms with Crippen molar-refractivity contribution in [2.24, 2.45) is 0 Å². The van der Waals surface area contributed by atoms with E-state index in [-0.39, 0.29) is 5.82 Å². The van der Waals surface area contributed by atoms with Crippen molar-refractivity contribution in [3.8, 4) is 6.07 Å². The summed E-state index contributed by atoms with van der Waals surface area (Å²) in [4.78, 5) is 0. The normalized spacial score (nSPS) is 12.2. The summed E-state index contributed by atoms with van der Waals surface area (Å²) < 4.78 is 18.2. The van der Waals surface area contributed by atoms with Gasteiger partial charge in [-0.2, -0.15) is 5.26 Å². The van der Waals surface area contributed by atoms with Gasteiger partial charge in [-0.25, -0.2) is 4.39 Å². The van der Waals surface area contributed by atoms with Gasteiger partial charge in [-0.05, 0) is 12.5 Å². The number of hydrogen-bond acceptors (Lipinski definition) is 2. The van der Waals surface area contributed by atoms with E-state index < -0.39 is 6.10 Å². The lowest BCUT2D eigenvalue weighted by molar-refractivity contribution is 0.145. The molecule has 3 heteroatoms. The molecule has 0 heterocycles. The van der Waals surface area contributed by atoms with Crippen LogP contribution in [-0.4, -0.2) is 7.11 Å². The molecule has 1 unspecified atom stereocenters. The molecule has 0 saturated carbocycles. The first kappa shape index (κ1) is 9.69. The first-order valence-corrected chi connectivity index (χ1v) is 3.88. The zero-order valence-electron chi connectivity index (χ0n) is 7.54. The third kappa shape index (κ3) is 1.85. The van der Waals surface area contributed by atoms with Crippen LogP contribution >= 0.6 is 0 Å². The van der Waals surface area contributed by atoms with Crippen LogP contribution in [0.15, 0.2) is 18.2 Å². The zero-order valence-corrected chi connectivity index (χ0v) is 7.54. The molecule has 0 aliphatic heterocycles. The Morgan fingerprint density at radius 2 is 2.23 bits per heavy atom. The molecule has 0 spiro atoms. The number of aryl methyl sites for hydroxylation is 1. The van der Waals surface area contributed by atoms with Crippen LogP contribution in [0, 0.1) is 24.1 Å². The average Bonchev–Trinajstić information content (AvgIpc) is 2.14. The average molecular weight is 179 g/mol. The molecule has 0 fully saturated rings. The smallest absolute Gasteiger partial charge is 0.171 e. The van der Waals surface area contributed by atoms with Crippen LogP contribution in [-0.2, 0) is 4.74 Å². The number of benzene rings is 1. The zero-order chi connectivity index (χ0) is 9.84. The molecule has 13 heavy (non-hydrogen) atoms. The van der Waals surface area contributed by atoms with Crippen LogP contribution in [0.4, 0.5) is 4.39 Å². The summed E-state index contributed by atoms with van der Waals surface area (Å²) in [5.41, 5.74) is 0.819. The van der Waals surface area contributed by atoms with Crippen LogP contribution in [0.2, 0.25) is 0 Å². The molecule has 0 aliphatic rings. The van der Waals surface area contributed by atoms with Crippen molar-refractivity contribution in [3.05, 3.63) is 35.1 Å². The van der Waals surface area contributed by atoms with E-state index >= 15 is 0 Å². The summed E-state index contributed by atoms with van der Waals surface area (Å²) in [6.07, 6.45) is -0.820. The monoisotopic (exact) mass is 179 g/mol. The molecule has 0 radical (unpaired) electrons. The van der Waals surface area contributed by atoms with Crippen molar-refractivity contribution in [1.29, 1.82) is 5.26 Å². The fraction of sp³-hybridized carbons (Fsp3) is 0.300. The van der Waals surface area contributed by atoms with E-state index in [0.717, 1.165) is 0 Å². The van der Waals surface area contributed by atoms with Crippen LogP contribution in [0.3, 0.4) is 0 Å². The standard InChI is InChI=1S/C10H10FNO/c1-7-4-3-5-8(10(7)11)9(6-12)13-2/h3-5,9H,1-2H3. The van der Waals surface area contributed by atoms with Crippen LogP contribution < -0.4 is 0 Å². The molecule has 2 nitrogen and oxygen atoms in total. The minimum absolute atomic E-state index is 0.296. The highest BCUT2D eigenvalue weighted by Crippen LogP contribution is 2.21. The van der Waals surface area contributed by atoms with Crippen molar-refractivity contribution < 1.29 is 9.13 Å². The van der Waals surface area contributed by atoms with Crippen molar-refractivity contribution in [1.82, 2.24) is 0 Å². The Balaban J connectivity index is 3.15. The topological polar surface area (TPSA) is 33.0 Å². The second-order valence-electron chi connectivity index (χ2n) is 2.72. The second kappa shape index (κ2) is 4.01. The van der Waals surface area contributed by atoms with Gasteiger partial charge < -0.3 is 4.74 Å². The van der Waals surface area contributed by atoms with Crippen LogP contribution in [0.1, 0.15) is 17.2 Å². The van der Waals surface area contributed by atoms with Crippen molar-refractivity contribution >= 4 is 0 Å². The summed E-state index contributed by atoms with van der Waals surface area (Å²) in [6.45, 7) is 1.66. The molecule has 0 aromatic heterocycles. The summed E-state index contributed by atoms with van der Waals surface area (Å²) in [7, 11) is 1.38. The van der Waals surface area contributed by atoms with Crippen LogP contribution in [0.25, 0.3) is 0 Å². The van der Waals surface area contributed by atoms with Gasteiger partial charge in [-0.15, -0.1) is 0 Å². The summed E-state index contributed by atoms with van der Waals surface area (Å²) in [5, 5.41) is 8.65. The summed E-state index contributed by atoms with van der Waals surface area (Å²) in [5.74, 6) is -0.365. The van der Waals surface area contributed by atoms with Gasteiger partial charge in [0.25, 0.3) is 0 Å². The molecule has 1 atom stereocenters. The molecule has 0 N–H and O–H groups in total. The second-order valence-corrected chi connectivity index (χ2v) is 2.72. The fourth-order valence-electron chi connectivity index (χ4n) is 1.12. The minimum Gasteiger partial charge on any atom is -0.362 e. The summed E-state index contributed by atoms with van der Waals surface area (Å²) >= 11 is 0. The third-order valence-corrected chi connectivity index (χ3v) is 1.86. The largest absolute Gasteiger partial charge is 0.362 e. The number of rotatable bonds is 2. The van der Waals surface area contributed by atoms with E-state index in [1.54, 1.807) is 25.1 Å². The Morgan fingerprint density at radius 3 is 2.77 bits per heavy atom. The SMILES string of the molecule is COC(C#N)c1cccc(C)c1F. The number of hydrogen-bond donors (Lipinski definition) is 0. The van der Waals surface area contributed by atoms with Gasteiger partial charge in [0.15, 0.2) is 6.10 Å². The van der Waals surface area contributed by atoms with E-state index in [1.807, 2.05) is 6.07 Å². The molecule has 1 aromatic carbocycles. The lowest BCUT2D eigenvalue weighted by atomic mass is 10.1. The molecule has 1 aromatic rings. The number of halogens is 1. The molecule has 0 saturated heterocycles. The Morgan fingerprint density at radius 1 is 1.54 bits per heavy atom. The molecule has 0 aliphatic carbocycles. The maximum absolute atomic E-state index is 13.4. The molecular formula is C10H10FNO. The van der Waals surface area contributed by atoms with Crippen molar-refractivity contribution in [3.63, 3.8) is 0 Å². The quantitative estimate of drug-likeness (QED) is 0.698. The van der Waals surface area contributed by atoms with Gasteiger partial charge in [0.1, 0.15) is 5.82 Å². The highest BCUT2D eigenvalue weighted by atomic mass is 19.1. The molecule has 0 bridgehead atoms. The van der Waals surface area contributed by atoms with Gasteiger partial charge in [0, 0.05) is 12.7 Å². The number of ether oxygens (including phenoxy) is 1. The molecule has 68 valence electrons. The molecular weight excluding hydrogens is 169 g/mol. The first-order chi connectivity index (χ1) is 6.20. The predicted molar refractivity (Wildman–Crippen MR) is 46.5 cm³/mol. The van der Waals surface area contributed by atoms with Crippen molar-refractivity contribution in [2.75, 3.05) is 7.11 Å². The maximum Gasteiger partial charge on any atom is 0.171 e. The number of nitrogens with zero attached hydrogens (tertiary/aromatic N) is 1. The van der Waals surface area contributed by atoms with E-state index in [1.165, 1.54) is 7.11 Å². The van der Waals surface area contributed by atoms with E-state index in [2.05, 4.69) is 0 Å². The third-order valence-electron chi connectivity index (χ3n) is 1.86. The molecule has 1 rings (SSSR count). The highest BCUT2D eigenvalue weighted by Gasteiger charge is 2.14. The Labute approximate surface area is 76.6 Å². The van der Waals surface area contributed by atoms with Gasteiger partial charge in [0.2, 0.25) is 0 Å². The van der Waals surface area contributed by atoms with Gasteiger partial charge in [-0.3, -0.25) is 0 Å². The number of methoxy groups -OCH3 is 1. The highest BCUT2D eigenvalue weighted by molar-refractivity contribution is 5.29. The lowest BCUT2D eigenvalue weighted by Gasteiger charge is -2.09. The van der Waals surface area contributed by atoms with Gasteiger partial charge in [0.05, 0.1) is 6.07 Å². The van der Waals surface area contributed by atoms with E-state index in [4.69, 9.17) is 10.00 Å². The fourth-order valence-corrected chi connectivity index (χ4v) is 1.12. The Hall–Kier alpha value is -1.40. The minimum atomic E-state index is -0.820. The van der Waals surface area contributed by atoms with E-state index in [0.29, 0.717) is 11.1 Å². The summed E-state index contributed by atoms with van der Waals surface area (Å²) in [6, 6.07) is 6.79. The number of nitriles is 1. The van der Waals surface area contributed by atoms with Gasteiger partial charge in [-0.1, -0.05) is 18.2 Å². The molecule has 0 amide bonds.